The lowest BCUT2D eigenvalue weighted by Crippen LogP contribution is -2.05. The second-order valence-corrected chi connectivity index (χ2v) is 4.59. The Hall–Kier alpha value is -1.71. The number of benzene rings is 2. The van der Waals surface area contributed by atoms with E-state index in [-0.39, 0.29) is 12.4 Å². The first-order valence-corrected chi connectivity index (χ1v) is 6.28. The number of aromatic nitrogens is 1. The molecule has 0 fully saturated rings. The van der Waals surface area contributed by atoms with Crippen LogP contribution in [0.2, 0.25) is 0 Å². The van der Waals surface area contributed by atoms with Gasteiger partial charge in [-0.05, 0) is 37.2 Å². The SMILES string of the molecule is Cl.NCCCn1c2ccccc2c2cc(N)ccc21. The van der Waals surface area contributed by atoms with E-state index in [1.54, 1.807) is 0 Å². The minimum absolute atomic E-state index is 0. The molecule has 0 spiro atoms. The van der Waals surface area contributed by atoms with Crippen molar-refractivity contribution in [1.29, 1.82) is 0 Å². The van der Waals surface area contributed by atoms with E-state index in [2.05, 4.69) is 41.0 Å². The summed E-state index contributed by atoms with van der Waals surface area (Å²) in [5.41, 5.74) is 14.8. The molecule has 0 aliphatic heterocycles. The summed E-state index contributed by atoms with van der Waals surface area (Å²) in [5, 5.41) is 2.49. The molecule has 1 aromatic heterocycles. The zero-order valence-electron chi connectivity index (χ0n) is 10.7. The normalized spacial score (nSPS) is 10.8. The molecule has 4 N–H and O–H groups in total. The number of rotatable bonds is 3. The minimum atomic E-state index is 0. The molecule has 0 saturated carbocycles. The number of hydrogen-bond donors (Lipinski definition) is 2. The maximum absolute atomic E-state index is 5.90. The Kier molecular flexibility index (Phi) is 3.98. The predicted molar refractivity (Wildman–Crippen MR) is 84.8 cm³/mol. The van der Waals surface area contributed by atoms with Gasteiger partial charge in [0.15, 0.2) is 0 Å². The highest BCUT2D eigenvalue weighted by Gasteiger charge is 2.09. The van der Waals surface area contributed by atoms with Crippen molar-refractivity contribution in [3.05, 3.63) is 42.5 Å². The zero-order chi connectivity index (χ0) is 12.5. The Labute approximate surface area is 118 Å². The van der Waals surface area contributed by atoms with Crippen LogP contribution in [0.15, 0.2) is 42.5 Å². The summed E-state index contributed by atoms with van der Waals surface area (Å²) in [6.45, 7) is 1.66. The van der Waals surface area contributed by atoms with E-state index >= 15 is 0 Å². The number of fused-ring (bicyclic) bond motifs is 3. The summed E-state index contributed by atoms with van der Waals surface area (Å²) in [6, 6.07) is 14.6. The number of anilines is 1. The predicted octanol–water partition coefficient (Wildman–Crippen LogP) is 3.15. The van der Waals surface area contributed by atoms with E-state index in [4.69, 9.17) is 11.5 Å². The van der Waals surface area contributed by atoms with Crippen LogP contribution in [0.5, 0.6) is 0 Å². The van der Waals surface area contributed by atoms with Gasteiger partial charge in [-0.1, -0.05) is 18.2 Å². The lowest BCUT2D eigenvalue weighted by molar-refractivity contribution is 0.687. The summed E-state index contributed by atoms with van der Waals surface area (Å²) < 4.78 is 2.33. The highest BCUT2D eigenvalue weighted by molar-refractivity contribution is 6.08. The van der Waals surface area contributed by atoms with Crippen molar-refractivity contribution >= 4 is 39.9 Å². The van der Waals surface area contributed by atoms with Gasteiger partial charge in [-0.15, -0.1) is 12.4 Å². The molecule has 0 aliphatic rings. The number of hydrogen-bond acceptors (Lipinski definition) is 2. The fraction of sp³-hybridized carbons (Fsp3) is 0.200. The van der Waals surface area contributed by atoms with Gasteiger partial charge < -0.3 is 16.0 Å². The minimum Gasteiger partial charge on any atom is -0.399 e. The van der Waals surface area contributed by atoms with Crippen molar-refractivity contribution in [2.45, 2.75) is 13.0 Å². The smallest absolute Gasteiger partial charge is 0.0492 e. The van der Waals surface area contributed by atoms with Crippen molar-refractivity contribution in [2.75, 3.05) is 12.3 Å². The first-order valence-electron chi connectivity index (χ1n) is 6.28. The topological polar surface area (TPSA) is 57.0 Å². The monoisotopic (exact) mass is 275 g/mol. The maximum atomic E-state index is 5.90. The summed E-state index contributed by atoms with van der Waals surface area (Å²) >= 11 is 0. The molecular formula is C15H18ClN3. The van der Waals surface area contributed by atoms with E-state index in [1.165, 1.54) is 21.8 Å². The molecule has 0 amide bonds. The van der Waals surface area contributed by atoms with Crippen molar-refractivity contribution in [2.24, 2.45) is 5.73 Å². The molecule has 1 heterocycles. The molecule has 0 radical (unpaired) electrons. The van der Waals surface area contributed by atoms with Gasteiger partial charge >= 0.3 is 0 Å². The third kappa shape index (κ3) is 2.27. The van der Waals surface area contributed by atoms with Crippen LogP contribution < -0.4 is 11.5 Å². The molecule has 3 nitrogen and oxygen atoms in total. The first kappa shape index (κ1) is 13.7. The van der Waals surface area contributed by atoms with Gasteiger partial charge in [0.05, 0.1) is 0 Å². The maximum Gasteiger partial charge on any atom is 0.0492 e. The van der Waals surface area contributed by atoms with Gasteiger partial charge in [0.25, 0.3) is 0 Å². The van der Waals surface area contributed by atoms with Crippen molar-refractivity contribution in [1.82, 2.24) is 4.57 Å². The Morgan fingerprint density at radius 3 is 2.47 bits per heavy atom. The van der Waals surface area contributed by atoms with Crippen molar-refractivity contribution in [3.8, 4) is 0 Å². The van der Waals surface area contributed by atoms with E-state index in [0.717, 1.165) is 18.7 Å². The summed E-state index contributed by atoms with van der Waals surface area (Å²) in [7, 11) is 0. The second-order valence-electron chi connectivity index (χ2n) is 4.59. The lowest BCUT2D eigenvalue weighted by Gasteiger charge is -2.06. The number of aryl methyl sites for hydroxylation is 1. The van der Waals surface area contributed by atoms with E-state index in [0.29, 0.717) is 6.54 Å². The molecule has 2 aromatic carbocycles. The highest BCUT2D eigenvalue weighted by atomic mass is 35.5. The van der Waals surface area contributed by atoms with Crippen LogP contribution in [0.1, 0.15) is 6.42 Å². The van der Waals surface area contributed by atoms with Gasteiger partial charge in [-0.3, -0.25) is 0 Å². The molecule has 0 bridgehead atoms. The Morgan fingerprint density at radius 2 is 1.68 bits per heavy atom. The highest BCUT2D eigenvalue weighted by Crippen LogP contribution is 2.30. The molecule has 0 saturated heterocycles. The fourth-order valence-electron chi connectivity index (χ4n) is 2.56. The Bertz CT molecular complexity index is 703. The number of nitrogens with two attached hydrogens (primary N) is 2. The second kappa shape index (κ2) is 5.51. The van der Waals surface area contributed by atoms with E-state index < -0.39 is 0 Å². The molecule has 19 heavy (non-hydrogen) atoms. The Morgan fingerprint density at radius 1 is 0.947 bits per heavy atom. The first-order chi connectivity index (χ1) is 8.81. The van der Waals surface area contributed by atoms with Crippen molar-refractivity contribution in [3.63, 3.8) is 0 Å². The number of halogens is 1. The number of nitrogen functional groups attached to an aromatic ring is 1. The van der Waals surface area contributed by atoms with Crippen LogP contribution in [0.3, 0.4) is 0 Å². The molecule has 3 aromatic rings. The van der Waals surface area contributed by atoms with E-state index in [1.807, 2.05) is 6.07 Å². The van der Waals surface area contributed by atoms with Crippen LogP contribution in [0, 0.1) is 0 Å². The standard InChI is InChI=1S/C15H17N3.ClH/c16-8-3-9-18-14-5-2-1-4-12(14)13-10-11(17)6-7-15(13)18;/h1-2,4-7,10H,3,8-9,16-17H2;1H. The number of para-hydroxylation sites is 1. The molecule has 0 atom stereocenters. The Balaban J connectivity index is 0.00000133. The van der Waals surface area contributed by atoms with Gasteiger partial charge in [0, 0.05) is 34.0 Å². The van der Waals surface area contributed by atoms with Crippen LogP contribution in [0.25, 0.3) is 21.8 Å². The van der Waals surface area contributed by atoms with Crippen LogP contribution >= 0.6 is 12.4 Å². The number of nitrogens with zero attached hydrogens (tertiary/aromatic N) is 1. The zero-order valence-corrected chi connectivity index (χ0v) is 11.5. The lowest BCUT2D eigenvalue weighted by atomic mass is 10.1. The molecule has 3 rings (SSSR count). The average Bonchev–Trinajstić information content (AvgIpc) is 2.70. The van der Waals surface area contributed by atoms with Gasteiger partial charge in [0.1, 0.15) is 0 Å². The van der Waals surface area contributed by atoms with Crippen LogP contribution in [0.4, 0.5) is 5.69 Å². The molecule has 100 valence electrons. The van der Waals surface area contributed by atoms with Crippen LogP contribution in [-0.4, -0.2) is 11.1 Å². The molecule has 4 heteroatoms. The van der Waals surface area contributed by atoms with Crippen LogP contribution in [-0.2, 0) is 6.54 Å². The molecule has 0 aliphatic carbocycles. The summed E-state index contributed by atoms with van der Waals surface area (Å²) in [5.74, 6) is 0. The third-order valence-electron chi connectivity index (χ3n) is 3.38. The quantitative estimate of drug-likeness (QED) is 0.722. The molecular weight excluding hydrogens is 258 g/mol. The molecule has 0 unspecified atom stereocenters. The van der Waals surface area contributed by atoms with Gasteiger partial charge in [-0.25, -0.2) is 0 Å². The average molecular weight is 276 g/mol. The van der Waals surface area contributed by atoms with E-state index in [9.17, 15) is 0 Å². The van der Waals surface area contributed by atoms with Gasteiger partial charge in [-0.2, -0.15) is 0 Å². The fourth-order valence-corrected chi connectivity index (χ4v) is 2.56. The summed E-state index contributed by atoms with van der Waals surface area (Å²) in [6.07, 6.45) is 0.984. The van der Waals surface area contributed by atoms with Gasteiger partial charge in [0.2, 0.25) is 0 Å². The van der Waals surface area contributed by atoms with Crippen molar-refractivity contribution < 1.29 is 0 Å². The largest absolute Gasteiger partial charge is 0.399 e. The third-order valence-corrected chi connectivity index (χ3v) is 3.38. The summed E-state index contributed by atoms with van der Waals surface area (Å²) in [4.78, 5) is 0.